The average Bonchev–Trinajstić information content (AvgIpc) is 3.25. The second kappa shape index (κ2) is 7.21. The molecular weight excluding hydrogens is 334 g/mol. The lowest BCUT2D eigenvalue weighted by Gasteiger charge is -2.00. The number of nitrogens with zero attached hydrogens (tertiary/aromatic N) is 2. The Morgan fingerprint density at radius 2 is 1.96 bits per heavy atom. The van der Waals surface area contributed by atoms with Gasteiger partial charge in [0, 0.05) is 5.56 Å². The summed E-state index contributed by atoms with van der Waals surface area (Å²) in [5, 5.41) is 12.2. The van der Waals surface area contributed by atoms with E-state index in [9.17, 15) is 9.59 Å². The number of thioether (sulfide) groups is 1. The number of aromatic nitrogens is 2. The lowest BCUT2D eigenvalue weighted by Crippen LogP contribution is -2.31. The Labute approximate surface area is 139 Å². The lowest BCUT2D eigenvalue weighted by molar-refractivity contribution is -0.117. The van der Waals surface area contributed by atoms with E-state index in [-0.39, 0.29) is 11.0 Å². The van der Waals surface area contributed by atoms with Crippen molar-refractivity contribution in [2.75, 3.05) is 5.75 Å². The number of thiophene rings is 1. The molecule has 3 rings (SSSR count). The Balaban J connectivity index is 1.53. The molecule has 1 aromatic carbocycles. The monoisotopic (exact) mass is 345 g/mol. The highest BCUT2D eigenvalue weighted by Gasteiger charge is 2.14. The van der Waals surface area contributed by atoms with Crippen LogP contribution in [0.5, 0.6) is 0 Å². The minimum absolute atomic E-state index is 0.0214. The first-order valence-electron chi connectivity index (χ1n) is 6.62. The van der Waals surface area contributed by atoms with Crippen molar-refractivity contribution in [2.45, 2.75) is 5.22 Å². The summed E-state index contributed by atoms with van der Waals surface area (Å²) in [5.41, 5.74) is 0.809. The molecule has 1 N–H and O–H groups in total. The number of amides is 2. The molecule has 2 aromatic heterocycles. The Bertz CT molecular complexity index is 801. The minimum Gasteiger partial charge on any atom is -0.411 e. The third kappa shape index (κ3) is 4.05. The fourth-order valence-electron chi connectivity index (χ4n) is 1.72. The molecule has 116 valence electrons. The molecule has 0 aliphatic rings. The van der Waals surface area contributed by atoms with Gasteiger partial charge in [0.25, 0.3) is 11.1 Å². The Hall–Kier alpha value is -2.45. The van der Waals surface area contributed by atoms with Gasteiger partial charge in [-0.3, -0.25) is 14.9 Å². The van der Waals surface area contributed by atoms with E-state index in [0.717, 1.165) is 17.3 Å². The molecule has 8 heteroatoms. The van der Waals surface area contributed by atoms with Gasteiger partial charge in [0.2, 0.25) is 11.8 Å². The van der Waals surface area contributed by atoms with Gasteiger partial charge >= 0.3 is 0 Å². The van der Waals surface area contributed by atoms with Gasteiger partial charge in [-0.05, 0) is 23.6 Å². The molecule has 6 nitrogen and oxygen atoms in total. The van der Waals surface area contributed by atoms with Gasteiger partial charge in [0.15, 0.2) is 0 Å². The number of benzene rings is 1. The van der Waals surface area contributed by atoms with E-state index in [1.54, 1.807) is 17.5 Å². The van der Waals surface area contributed by atoms with Gasteiger partial charge in [-0.2, -0.15) is 0 Å². The van der Waals surface area contributed by atoms with Crippen LogP contribution in [-0.4, -0.2) is 27.8 Å². The van der Waals surface area contributed by atoms with Crippen LogP contribution in [0.25, 0.3) is 11.5 Å². The van der Waals surface area contributed by atoms with E-state index in [2.05, 4.69) is 15.5 Å². The van der Waals surface area contributed by atoms with Gasteiger partial charge in [-0.1, -0.05) is 36.0 Å². The van der Waals surface area contributed by atoms with Crippen molar-refractivity contribution in [3.8, 4) is 11.5 Å². The Morgan fingerprint density at radius 1 is 1.13 bits per heavy atom. The van der Waals surface area contributed by atoms with Crippen LogP contribution in [0.15, 0.2) is 57.5 Å². The van der Waals surface area contributed by atoms with Gasteiger partial charge in [0.05, 0.1) is 10.6 Å². The number of hydrogen-bond donors (Lipinski definition) is 1. The maximum absolute atomic E-state index is 11.8. The summed E-state index contributed by atoms with van der Waals surface area (Å²) in [6.45, 7) is 0. The smallest absolute Gasteiger partial charge is 0.277 e. The van der Waals surface area contributed by atoms with Crippen molar-refractivity contribution >= 4 is 34.9 Å². The fraction of sp³-hybridized carbons (Fsp3) is 0.0667. The molecule has 23 heavy (non-hydrogen) atoms. The predicted octanol–water partition coefficient (Wildman–Crippen LogP) is 2.85. The van der Waals surface area contributed by atoms with Crippen molar-refractivity contribution in [3.05, 3.63) is 52.7 Å². The first-order valence-corrected chi connectivity index (χ1v) is 8.48. The first kappa shape index (κ1) is 15.4. The van der Waals surface area contributed by atoms with Gasteiger partial charge in [-0.15, -0.1) is 21.5 Å². The normalized spacial score (nSPS) is 10.4. The van der Waals surface area contributed by atoms with E-state index in [4.69, 9.17) is 4.42 Å². The Kier molecular flexibility index (Phi) is 4.84. The summed E-state index contributed by atoms with van der Waals surface area (Å²) >= 11 is 2.36. The van der Waals surface area contributed by atoms with E-state index >= 15 is 0 Å². The molecule has 2 amide bonds. The molecular formula is C15H11N3O3S2. The summed E-state index contributed by atoms with van der Waals surface area (Å²) in [6, 6.07) is 12.8. The zero-order valence-electron chi connectivity index (χ0n) is 11.8. The fourth-order valence-corrected chi connectivity index (χ4v) is 2.91. The van der Waals surface area contributed by atoms with Crippen LogP contribution < -0.4 is 5.32 Å². The van der Waals surface area contributed by atoms with Gasteiger partial charge < -0.3 is 4.42 Å². The summed E-state index contributed by atoms with van der Waals surface area (Å²) < 4.78 is 5.48. The van der Waals surface area contributed by atoms with Crippen molar-refractivity contribution < 1.29 is 14.0 Å². The van der Waals surface area contributed by atoms with Crippen LogP contribution in [0.4, 0.5) is 0 Å². The third-order valence-electron chi connectivity index (χ3n) is 2.75. The van der Waals surface area contributed by atoms with Crippen LogP contribution in [0, 0.1) is 0 Å². The number of hydrogen-bond acceptors (Lipinski definition) is 7. The molecule has 0 unspecified atom stereocenters. The molecule has 0 atom stereocenters. The van der Waals surface area contributed by atoms with Crippen LogP contribution in [0.1, 0.15) is 9.67 Å². The highest BCUT2D eigenvalue weighted by Crippen LogP contribution is 2.22. The summed E-state index contributed by atoms with van der Waals surface area (Å²) in [7, 11) is 0. The zero-order valence-corrected chi connectivity index (χ0v) is 13.4. The largest absolute Gasteiger partial charge is 0.411 e. The highest BCUT2D eigenvalue weighted by molar-refractivity contribution is 7.99. The van der Waals surface area contributed by atoms with Crippen molar-refractivity contribution in [1.29, 1.82) is 0 Å². The van der Waals surface area contributed by atoms with E-state index in [1.807, 2.05) is 30.3 Å². The minimum atomic E-state index is -0.409. The lowest BCUT2D eigenvalue weighted by atomic mass is 10.2. The molecule has 0 bridgehead atoms. The van der Waals surface area contributed by atoms with Crippen LogP contribution in [0.3, 0.4) is 0 Å². The standard InChI is InChI=1S/C15H11N3O3S2/c19-12(16-13(20)11-7-4-8-22-11)9-23-15-18-17-14(21-15)10-5-2-1-3-6-10/h1-8H,9H2,(H,16,19,20). The predicted molar refractivity (Wildman–Crippen MR) is 87.3 cm³/mol. The van der Waals surface area contributed by atoms with Gasteiger partial charge in [-0.25, -0.2) is 0 Å². The molecule has 0 saturated heterocycles. The quantitative estimate of drug-likeness (QED) is 0.716. The average molecular weight is 345 g/mol. The maximum Gasteiger partial charge on any atom is 0.277 e. The van der Waals surface area contributed by atoms with Crippen molar-refractivity contribution in [2.24, 2.45) is 0 Å². The molecule has 2 heterocycles. The van der Waals surface area contributed by atoms with E-state index in [1.165, 1.54) is 11.3 Å². The molecule has 0 saturated carbocycles. The Morgan fingerprint density at radius 3 is 2.70 bits per heavy atom. The molecule has 3 aromatic rings. The number of carbonyl (C=O) groups excluding carboxylic acids is 2. The summed E-state index contributed by atoms with van der Waals surface area (Å²) in [6.07, 6.45) is 0. The number of nitrogens with one attached hydrogen (secondary N) is 1. The van der Waals surface area contributed by atoms with Crippen LogP contribution >= 0.6 is 23.1 Å². The molecule has 0 aliphatic carbocycles. The second-order valence-electron chi connectivity index (χ2n) is 4.38. The first-order chi connectivity index (χ1) is 11.2. The summed E-state index contributed by atoms with van der Waals surface area (Å²) in [4.78, 5) is 24.0. The maximum atomic E-state index is 11.8. The number of imide groups is 1. The van der Waals surface area contributed by atoms with Crippen LogP contribution in [0.2, 0.25) is 0 Å². The third-order valence-corrected chi connectivity index (χ3v) is 4.44. The highest BCUT2D eigenvalue weighted by atomic mass is 32.2. The SMILES string of the molecule is O=C(CSc1nnc(-c2ccccc2)o1)NC(=O)c1cccs1. The van der Waals surface area contributed by atoms with E-state index in [0.29, 0.717) is 10.8 Å². The topological polar surface area (TPSA) is 85.1 Å². The van der Waals surface area contributed by atoms with Crippen molar-refractivity contribution in [1.82, 2.24) is 15.5 Å². The van der Waals surface area contributed by atoms with Crippen molar-refractivity contribution in [3.63, 3.8) is 0 Å². The summed E-state index contributed by atoms with van der Waals surface area (Å²) in [5.74, 6) is -0.398. The molecule has 0 fully saturated rings. The second-order valence-corrected chi connectivity index (χ2v) is 6.26. The number of carbonyl (C=O) groups is 2. The molecule has 0 aliphatic heterocycles. The van der Waals surface area contributed by atoms with Gasteiger partial charge in [0.1, 0.15) is 0 Å². The van der Waals surface area contributed by atoms with E-state index < -0.39 is 11.8 Å². The molecule has 0 spiro atoms. The van der Waals surface area contributed by atoms with Crippen LogP contribution in [-0.2, 0) is 4.79 Å². The molecule has 0 radical (unpaired) electrons. The number of rotatable bonds is 5. The zero-order chi connectivity index (χ0) is 16.1.